The number of carbonyl (C=O) groups excluding carboxylic acids is 1. The van der Waals surface area contributed by atoms with Crippen LogP contribution < -0.4 is 4.74 Å². The molecule has 0 spiro atoms. The molecule has 0 bridgehead atoms. The summed E-state index contributed by atoms with van der Waals surface area (Å²) in [7, 11) is 0. The van der Waals surface area contributed by atoms with Crippen LogP contribution in [0.25, 0.3) is 0 Å². The van der Waals surface area contributed by atoms with E-state index in [0.717, 1.165) is 17.7 Å². The predicted octanol–water partition coefficient (Wildman–Crippen LogP) is 4.42. The molecule has 0 aromatic heterocycles. The number of hydrogen-bond donors (Lipinski definition) is 0. The number of ether oxygens (including phenoxy) is 1. The van der Waals surface area contributed by atoms with E-state index in [1.807, 2.05) is 19.9 Å². The van der Waals surface area contributed by atoms with Crippen LogP contribution >= 0.6 is 11.6 Å². The van der Waals surface area contributed by atoms with Crippen LogP contribution in [0.3, 0.4) is 0 Å². The zero-order chi connectivity index (χ0) is 15.2. The number of halogens is 2. The highest BCUT2D eigenvalue weighted by Crippen LogP contribution is 2.35. The van der Waals surface area contributed by atoms with Gasteiger partial charge < -0.3 is 4.74 Å². The van der Waals surface area contributed by atoms with Gasteiger partial charge in [-0.15, -0.1) is 0 Å². The van der Waals surface area contributed by atoms with Gasteiger partial charge in [0.25, 0.3) is 0 Å². The molecule has 3 rings (SSSR count). The lowest BCUT2D eigenvalue weighted by molar-refractivity contribution is 0.103. The maximum atomic E-state index is 13.5. The number of benzene rings is 2. The molecule has 0 amide bonds. The van der Waals surface area contributed by atoms with E-state index in [4.69, 9.17) is 16.3 Å². The topological polar surface area (TPSA) is 26.3 Å². The van der Waals surface area contributed by atoms with E-state index >= 15 is 0 Å². The molecular weight excluding hydrogens is 291 g/mol. The quantitative estimate of drug-likeness (QED) is 0.768. The van der Waals surface area contributed by atoms with Gasteiger partial charge in [-0.2, -0.15) is 0 Å². The summed E-state index contributed by atoms with van der Waals surface area (Å²) in [5.41, 5.74) is 1.56. The van der Waals surface area contributed by atoms with E-state index in [1.165, 1.54) is 18.2 Å². The normalized spacial score (nSPS) is 15.4. The van der Waals surface area contributed by atoms with Crippen LogP contribution in [-0.4, -0.2) is 11.4 Å². The number of ketones is 1. The smallest absolute Gasteiger partial charge is 0.193 e. The number of fused-ring (bicyclic) bond motifs is 1. The summed E-state index contributed by atoms with van der Waals surface area (Å²) >= 11 is 5.64. The average molecular weight is 305 g/mol. The minimum absolute atomic E-state index is 0.00986. The lowest BCUT2D eigenvalue weighted by Gasteiger charge is -2.16. The van der Waals surface area contributed by atoms with Crippen molar-refractivity contribution in [3.05, 3.63) is 63.9 Å². The Morgan fingerprint density at radius 2 is 1.86 bits per heavy atom. The van der Waals surface area contributed by atoms with Crippen LogP contribution in [0.1, 0.15) is 35.3 Å². The van der Waals surface area contributed by atoms with Gasteiger partial charge in [0.15, 0.2) is 5.78 Å². The molecule has 2 aromatic carbocycles. The minimum atomic E-state index is -0.590. The molecule has 0 saturated carbocycles. The highest BCUT2D eigenvalue weighted by molar-refractivity contribution is 6.30. The molecule has 1 aliphatic rings. The third-order valence-corrected chi connectivity index (χ3v) is 3.81. The molecule has 2 nitrogen and oxygen atoms in total. The summed E-state index contributed by atoms with van der Waals surface area (Å²) in [4.78, 5) is 12.4. The monoisotopic (exact) mass is 304 g/mol. The molecule has 0 atom stereocenters. The summed E-state index contributed by atoms with van der Waals surface area (Å²) in [5, 5.41) is 0.00986. The maximum absolute atomic E-state index is 13.5. The van der Waals surface area contributed by atoms with Crippen molar-refractivity contribution in [3.63, 3.8) is 0 Å². The standard InChI is InChI=1S/C17H14ClFO2/c1-17(2)9-12-7-10(4-6-15(12)21-17)16(20)11-3-5-13(18)14(19)8-11/h3-8H,9H2,1-2H3. The van der Waals surface area contributed by atoms with Gasteiger partial charge in [0, 0.05) is 17.5 Å². The highest BCUT2D eigenvalue weighted by Gasteiger charge is 2.30. The first-order chi connectivity index (χ1) is 9.85. The first-order valence-electron chi connectivity index (χ1n) is 6.67. The van der Waals surface area contributed by atoms with Crippen molar-refractivity contribution in [1.29, 1.82) is 0 Å². The van der Waals surface area contributed by atoms with E-state index in [0.29, 0.717) is 5.56 Å². The van der Waals surface area contributed by atoms with Crippen molar-refractivity contribution in [3.8, 4) is 5.75 Å². The van der Waals surface area contributed by atoms with Crippen molar-refractivity contribution < 1.29 is 13.9 Å². The average Bonchev–Trinajstić information content (AvgIpc) is 2.73. The van der Waals surface area contributed by atoms with Crippen LogP contribution in [0.4, 0.5) is 4.39 Å². The molecule has 0 N–H and O–H groups in total. The van der Waals surface area contributed by atoms with Crippen LogP contribution in [0.5, 0.6) is 5.75 Å². The Balaban J connectivity index is 1.95. The fourth-order valence-corrected chi connectivity index (χ4v) is 2.67. The summed E-state index contributed by atoms with van der Waals surface area (Å²) in [5.74, 6) is -0.00921. The van der Waals surface area contributed by atoms with Crippen molar-refractivity contribution in [2.24, 2.45) is 0 Å². The molecule has 4 heteroatoms. The predicted molar refractivity (Wildman–Crippen MR) is 79.7 cm³/mol. The van der Waals surface area contributed by atoms with Gasteiger partial charge >= 0.3 is 0 Å². The first-order valence-corrected chi connectivity index (χ1v) is 7.05. The van der Waals surface area contributed by atoms with E-state index in [1.54, 1.807) is 12.1 Å². The van der Waals surface area contributed by atoms with E-state index in [9.17, 15) is 9.18 Å². The molecule has 0 fully saturated rings. The second kappa shape index (κ2) is 4.85. The zero-order valence-corrected chi connectivity index (χ0v) is 12.5. The Kier molecular flexibility index (Phi) is 3.25. The zero-order valence-electron chi connectivity index (χ0n) is 11.7. The van der Waals surface area contributed by atoms with E-state index < -0.39 is 5.82 Å². The Hall–Kier alpha value is -1.87. The third kappa shape index (κ3) is 2.66. The Morgan fingerprint density at radius 1 is 1.19 bits per heavy atom. The Bertz CT molecular complexity index is 738. The molecule has 108 valence electrons. The van der Waals surface area contributed by atoms with Gasteiger partial charge in [-0.3, -0.25) is 4.79 Å². The van der Waals surface area contributed by atoms with Crippen molar-refractivity contribution in [2.75, 3.05) is 0 Å². The molecular formula is C17H14ClFO2. The number of carbonyl (C=O) groups is 1. The fourth-order valence-electron chi connectivity index (χ4n) is 2.55. The second-order valence-electron chi connectivity index (χ2n) is 5.82. The van der Waals surface area contributed by atoms with Crippen LogP contribution in [-0.2, 0) is 6.42 Å². The van der Waals surface area contributed by atoms with Crippen LogP contribution in [0.15, 0.2) is 36.4 Å². The molecule has 2 aromatic rings. The molecule has 0 unspecified atom stereocenters. The van der Waals surface area contributed by atoms with Gasteiger partial charge in [-0.1, -0.05) is 11.6 Å². The van der Waals surface area contributed by atoms with Gasteiger partial charge in [-0.25, -0.2) is 4.39 Å². The molecule has 0 radical (unpaired) electrons. The molecule has 21 heavy (non-hydrogen) atoms. The van der Waals surface area contributed by atoms with Crippen molar-refractivity contribution >= 4 is 17.4 Å². The Labute approximate surface area is 127 Å². The van der Waals surface area contributed by atoms with Crippen LogP contribution in [0.2, 0.25) is 5.02 Å². The number of hydrogen-bond acceptors (Lipinski definition) is 2. The van der Waals surface area contributed by atoms with E-state index in [2.05, 4.69) is 0 Å². The number of rotatable bonds is 2. The van der Waals surface area contributed by atoms with Gasteiger partial charge in [0.1, 0.15) is 17.2 Å². The SMILES string of the molecule is CC1(C)Cc2cc(C(=O)c3ccc(Cl)c(F)c3)ccc2O1. The Morgan fingerprint density at radius 3 is 2.57 bits per heavy atom. The molecule has 1 heterocycles. The maximum Gasteiger partial charge on any atom is 0.193 e. The van der Waals surface area contributed by atoms with Crippen molar-refractivity contribution in [1.82, 2.24) is 0 Å². The summed E-state index contributed by atoms with van der Waals surface area (Å²) in [6.45, 7) is 4.01. The minimum Gasteiger partial charge on any atom is -0.487 e. The molecule has 0 saturated heterocycles. The van der Waals surface area contributed by atoms with E-state index in [-0.39, 0.29) is 22.0 Å². The van der Waals surface area contributed by atoms with Gasteiger partial charge in [-0.05, 0) is 55.8 Å². The first kappa shape index (κ1) is 14.1. The summed E-state index contributed by atoms with van der Waals surface area (Å²) in [6.07, 6.45) is 0.748. The van der Waals surface area contributed by atoms with Gasteiger partial charge in [0.05, 0.1) is 5.02 Å². The largest absolute Gasteiger partial charge is 0.487 e. The van der Waals surface area contributed by atoms with Crippen molar-refractivity contribution in [2.45, 2.75) is 25.9 Å². The highest BCUT2D eigenvalue weighted by atomic mass is 35.5. The van der Waals surface area contributed by atoms with Gasteiger partial charge in [0.2, 0.25) is 0 Å². The summed E-state index contributed by atoms with van der Waals surface area (Å²) < 4.78 is 19.3. The lowest BCUT2D eigenvalue weighted by atomic mass is 9.97. The fraction of sp³-hybridized carbons (Fsp3) is 0.235. The van der Waals surface area contributed by atoms with Crippen LogP contribution in [0, 0.1) is 5.82 Å². The summed E-state index contributed by atoms with van der Waals surface area (Å²) in [6, 6.07) is 9.40. The molecule has 0 aliphatic carbocycles. The third-order valence-electron chi connectivity index (χ3n) is 3.51. The molecule has 1 aliphatic heterocycles. The lowest BCUT2D eigenvalue weighted by Crippen LogP contribution is -2.24. The second-order valence-corrected chi connectivity index (χ2v) is 6.23.